The van der Waals surface area contributed by atoms with Gasteiger partial charge in [-0.05, 0) is 57.3 Å². The molecule has 0 radical (unpaired) electrons. The van der Waals surface area contributed by atoms with Crippen molar-refractivity contribution in [2.75, 3.05) is 39.6 Å². The van der Waals surface area contributed by atoms with Gasteiger partial charge >= 0.3 is 39.5 Å². The first kappa shape index (κ1) is 91.5. The van der Waals surface area contributed by atoms with E-state index in [0.717, 1.165) is 109 Å². The predicted octanol–water partition coefficient (Wildman–Crippen LogP) is 21.6. The zero-order chi connectivity index (χ0) is 69.1. The molecule has 554 valence electrons. The first-order chi connectivity index (χ1) is 45.5. The van der Waals surface area contributed by atoms with Crippen molar-refractivity contribution in [2.45, 2.75) is 387 Å². The van der Waals surface area contributed by atoms with E-state index in [1.807, 2.05) is 0 Å². The van der Waals surface area contributed by atoms with Gasteiger partial charge in [-0.15, -0.1) is 0 Å². The number of aliphatic hydroxyl groups excluding tert-OH is 1. The molecule has 19 heteroatoms. The van der Waals surface area contributed by atoms with E-state index >= 15 is 0 Å². The fourth-order valence-electron chi connectivity index (χ4n) is 11.0. The molecule has 2 unspecified atom stereocenters. The van der Waals surface area contributed by atoms with E-state index in [9.17, 15) is 43.2 Å². The van der Waals surface area contributed by atoms with Gasteiger partial charge in [-0.1, -0.05) is 316 Å². The number of aliphatic hydroxyl groups is 1. The van der Waals surface area contributed by atoms with Crippen LogP contribution in [0.2, 0.25) is 0 Å². The van der Waals surface area contributed by atoms with Crippen molar-refractivity contribution in [3.63, 3.8) is 0 Å². The molecule has 3 N–H and O–H groups in total. The summed E-state index contributed by atoms with van der Waals surface area (Å²) < 4.78 is 68.5. The molecule has 94 heavy (non-hydrogen) atoms. The Balaban J connectivity index is 5.30. The summed E-state index contributed by atoms with van der Waals surface area (Å²) in [5.41, 5.74) is 0. The zero-order valence-electron chi connectivity index (χ0n) is 60.6. The number of ether oxygens (including phenoxy) is 4. The third-order valence-corrected chi connectivity index (χ3v) is 18.8. The highest BCUT2D eigenvalue weighted by Crippen LogP contribution is 2.45. The third kappa shape index (κ3) is 68.1. The number of esters is 4. The van der Waals surface area contributed by atoms with Crippen LogP contribution in [0.15, 0.2) is 24.3 Å². The van der Waals surface area contributed by atoms with Gasteiger partial charge in [0.15, 0.2) is 12.2 Å². The molecule has 5 atom stereocenters. The molecule has 0 aliphatic heterocycles. The highest BCUT2D eigenvalue weighted by atomic mass is 31.2. The Labute approximate surface area is 573 Å². The Kier molecular flexibility index (Phi) is 65.9. The van der Waals surface area contributed by atoms with Crippen LogP contribution in [0.5, 0.6) is 0 Å². The largest absolute Gasteiger partial charge is 0.472 e. The van der Waals surface area contributed by atoms with Crippen molar-refractivity contribution in [2.24, 2.45) is 5.92 Å². The van der Waals surface area contributed by atoms with Crippen LogP contribution in [0, 0.1) is 5.92 Å². The Morgan fingerprint density at radius 1 is 0.330 bits per heavy atom. The maximum Gasteiger partial charge on any atom is 0.472 e. The summed E-state index contributed by atoms with van der Waals surface area (Å²) in [7, 11) is -9.92. The molecular weight excluding hydrogens is 1230 g/mol. The van der Waals surface area contributed by atoms with Crippen molar-refractivity contribution in [1.29, 1.82) is 0 Å². The quantitative estimate of drug-likeness (QED) is 0.0169. The molecule has 0 amide bonds. The van der Waals surface area contributed by atoms with Crippen LogP contribution in [-0.4, -0.2) is 96.7 Å². The van der Waals surface area contributed by atoms with Crippen molar-refractivity contribution < 1.29 is 80.2 Å². The smallest absolute Gasteiger partial charge is 0.462 e. The number of unbranched alkanes of at least 4 members (excludes halogenated alkanes) is 42. The molecule has 0 fully saturated rings. The van der Waals surface area contributed by atoms with Crippen LogP contribution < -0.4 is 0 Å². The van der Waals surface area contributed by atoms with Gasteiger partial charge in [0.2, 0.25) is 0 Å². The van der Waals surface area contributed by atoms with Gasteiger partial charge in [0, 0.05) is 25.7 Å². The standard InChI is InChI=1S/C75H142O17P2/c1-6-9-12-15-18-21-24-27-28-31-34-41-46-51-56-61-75(80)92-71(65-86-73(78)59-54-49-44-39-36-35-37-42-47-52-57-68(4)5)67-90-94(83,84)88-63-69(76)62-87-93(81,82)89-66-70(91-74(79)60-55-50-45-40-33-30-26-23-20-17-14-11-8-3)64-85-72(77)58-53-48-43-38-32-29-25-22-19-16-13-10-7-2/h21,24,27-28,68-71,76H,6-20,22-23,25-26,29-67H2,1-5H3,(H,81,82)(H,83,84)/b24-21-,28-27-/t69-,70+,71+/m0/s1. The third-order valence-electron chi connectivity index (χ3n) is 16.9. The molecule has 0 saturated carbocycles. The van der Waals surface area contributed by atoms with E-state index in [1.54, 1.807) is 0 Å². The first-order valence-electron chi connectivity index (χ1n) is 38.5. The maximum absolute atomic E-state index is 13.1. The molecule has 17 nitrogen and oxygen atoms in total. The fourth-order valence-corrected chi connectivity index (χ4v) is 12.6. The second-order valence-electron chi connectivity index (χ2n) is 26.8. The zero-order valence-corrected chi connectivity index (χ0v) is 62.4. The lowest BCUT2D eigenvalue weighted by Crippen LogP contribution is -2.30. The molecule has 0 heterocycles. The summed E-state index contributed by atoms with van der Waals surface area (Å²) in [5.74, 6) is -1.39. The summed E-state index contributed by atoms with van der Waals surface area (Å²) in [6, 6.07) is 0. The summed E-state index contributed by atoms with van der Waals surface area (Å²) in [6.45, 7) is 7.22. The minimum absolute atomic E-state index is 0.0851. The monoisotopic (exact) mass is 1380 g/mol. The molecule has 0 saturated heterocycles. The van der Waals surface area contributed by atoms with Crippen LogP contribution in [0.3, 0.4) is 0 Å². The van der Waals surface area contributed by atoms with Crippen LogP contribution in [0.25, 0.3) is 0 Å². The second kappa shape index (κ2) is 67.7. The Hall–Kier alpha value is -2.46. The SMILES string of the molecule is CCCCCC/C=C\C=C/CCCCCCCC(=O)O[C@H](COC(=O)CCCCCCCCCCCCC(C)C)COP(=O)(O)OC[C@@H](O)COP(=O)(O)OC[C@@H](COC(=O)CCCCCCCCCCCCCCC)OC(=O)CCCCCCCCCCCCCCC. The highest BCUT2D eigenvalue weighted by molar-refractivity contribution is 7.47. The molecule has 0 aromatic heterocycles. The molecule has 0 aliphatic rings. The van der Waals surface area contributed by atoms with E-state index in [1.165, 1.54) is 180 Å². The normalized spacial score (nSPS) is 14.1. The predicted molar refractivity (Wildman–Crippen MR) is 381 cm³/mol. The van der Waals surface area contributed by atoms with Gasteiger partial charge < -0.3 is 33.8 Å². The number of hydrogen-bond donors (Lipinski definition) is 3. The second-order valence-corrected chi connectivity index (χ2v) is 29.7. The lowest BCUT2D eigenvalue weighted by atomic mass is 10.0. The van der Waals surface area contributed by atoms with Crippen molar-refractivity contribution in [1.82, 2.24) is 0 Å². The van der Waals surface area contributed by atoms with Crippen LogP contribution >= 0.6 is 15.6 Å². The average Bonchev–Trinajstić information content (AvgIpc) is 1.32. The van der Waals surface area contributed by atoms with Crippen LogP contribution in [0.1, 0.15) is 369 Å². The van der Waals surface area contributed by atoms with Crippen molar-refractivity contribution in [3.8, 4) is 0 Å². The van der Waals surface area contributed by atoms with Gasteiger partial charge in [-0.3, -0.25) is 37.3 Å². The van der Waals surface area contributed by atoms with E-state index in [2.05, 4.69) is 58.9 Å². The first-order valence-corrected chi connectivity index (χ1v) is 41.4. The maximum atomic E-state index is 13.1. The number of carbonyl (C=O) groups excluding carboxylic acids is 4. The molecule has 0 aromatic rings. The van der Waals surface area contributed by atoms with Crippen molar-refractivity contribution in [3.05, 3.63) is 24.3 Å². The number of hydrogen-bond acceptors (Lipinski definition) is 15. The van der Waals surface area contributed by atoms with Gasteiger partial charge in [0.1, 0.15) is 19.3 Å². The molecule has 0 spiro atoms. The summed E-state index contributed by atoms with van der Waals surface area (Å²) in [6.07, 6.45) is 58.9. The number of phosphoric acid groups is 2. The van der Waals surface area contributed by atoms with E-state index < -0.39 is 97.5 Å². The highest BCUT2D eigenvalue weighted by Gasteiger charge is 2.30. The van der Waals surface area contributed by atoms with Crippen molar-refractivity contribution >= 4 is 39.5 Å². The number of phosphoric ester groups is 2. The fraction of sp³-hybridized carbons (Fsp3) is 0.893. The summed E-state index contributed by atoms with van der Waals surface area (Å²) >= 11 is 0. The number of allylic oxidation sites excluding steroid dienone is 4. The van der Waals surface area contributed by atoms with E-state index in [0.29, 0.717) is 25.7 Å². The topological polar surface area (TPSA) is 237 Å². The summed E-state index contributed by atoms with van der Waals surface area (Å²) in [4.78, 5) is 72.8. The van der Waals surface area contributed by atoms with Crippen LogP contribution in [-0.2, 0) is 65.4 Å². The molecule has 0 aliphatic carbocycles. The van der Waals surface area contributed by atoms with E-state index in [4.69, 9.17) is 37.0 Å². The lowest BCUT2D eigenvalue weighted by molar-refractivity contribution is -0.161. The summed E-state index contributed by atoms with van der Waals surface area (Å²) in [5, 5.41) is 10.6. The van der Waals surface area contributed by atoms with Gasteiger partial charge in [-0.2, -0.15) is 0 Å². The van der Waals surface area contributed by atoms with Gasteiger partial charge in [0.05, 0.1) is 26.4 Å². The Bertz CT molecular complexity index is 1900. The minimum Gasteiger partial charge on any atom is -0.462 e. The molecular formula is C75H142O17P2. The molecule has 0 bridgehead atoms. The average molecular weight is 1380 g/mol. The van der Waals surface area contributed by atoms with Gasteiger partial charge in [0.25, 0.3) is 0 Å². The van der Waals surface area contributed by atoms with E-state index in [-0.39, 0.29) is 25.7 Å². The molecule has 0 aromatic carbocycles. The van der Waals surface area contributed by atoms with Crippen LogP contribution in [0.4, 0.5) is 0 Å². The number of rotatable bonds is 73. The molecule has 0 rings (SSSR count). The minimum atomic E-state index is -4.96. The Morgan fingerprint density at radius 3 is 0.872 bits per heavy atom. The van der Waals surface area contributed by atoms with Gasteiger partial charge in [-0.25, -0.2) is 9.13 Å². The Morgan fingerprint density at radius 2 is 0.574 bits per heavy atom. The lowest BCUT2D eigenvalue weighted by Gasteiger charge is -2.21. The number of carbonyl (C=O) groups is 4.